The summed E-state index contributed by atoms with van der Waals surface area (Å²) in [6.45, 7) is 0.142. The number of rotatable bonds is 5. The monoisotopic (exact) mass is 466 g/mol. The number of nitrogens with one attached hydrogen (secondary N) is 1. The molecule has 3 aromatic rings. The molecule has 170 valence electrons. The molecule has 10 nitrogen and oxygen atoms in total. The molecule has 0 radical (unpaired) electrons. The van der Waals surface area contributed by atoms with Crippen molar-refractivity contribution < 1.29 is 18.0 Å². The number of nitrogens with zero attached hydrogens (tertiary/aromatic N) is 5. The molecule has 1 unspecified atom stereocenters. The molecule has 2 aliphatic rings. The Kier molecular flexibility index (Phi) is 5.20. The van der Waals surface area contributed by atoms with Gasteiger partial charge >= 0.3 is 0 Å². The van der Waals surface area contributed by atoms with Crippen LogP contribution in [0.15, 0.2) is 47.4 Å². The summed E-state index contributed by atoms with van der Waals surface area (Å²) in [5, 5.41) is 11.2. The van der Waals surface area contributed by atoms with E-state index in [4.69, 9.17) is 0 Å². The number of carbonyl (C=O) groups is 2. The summed E-state index contributed by atoms with van der Waals surface area (Å²) >= 11 is 0. The van der Waals surface area contributed by atoms with E-state index >= 15 is 0 Å². The van der Waals surface area contributed by atoms with Gasteiger partial charge in [0.15, 0.2) is 5.82 Å². The number of sulfonamides is 1. The molecule has 1 aliphatic carbocycles. The SMILES string of the molecule is Cn1nnnc1-c1cccc(S(=O)(=O)NC(=O)C2CC(=O)N(c3ccc4c(c3)CCC4)C2)c1. The summed E-state index contributed by atoms with van der Waals surface area (Å²) in [6, 6.07) is 11.9. The van der Waals surface area contributed by atoms with Crippen LogP contribution in [-0.2, 0) is 39.5 Å². The van der Waals surface area contributed by atoms with Crippen LogP contribution in [0.4, 0.5) is 5.69 Å². The molecule has 2 heterocycles. The van der Waals surface area contributed by atoms with E-state index in [0.29, 0.717) is 11.4 Å². The normalized spacial score (nSPS) is 17.9. The summed E-state index contributed by atoms with van der Waals surface area (Å²) in [4.78, 5) is 26.9. The molecular formula is C22H22N6O4S. The van der Waals surface area contributed by atoms with E-state index in [2.05, 4.69) is 20.2 Å². The first kappa shape index (κ1) is 21.3. The highest BCUT2D eigenvalue weighted by molar-refractivity contribution is 7.90. The van der Waals surface area contributed by atoms with Crippen molar-refractivity contribution in [1.29, 1.82) is 0 Å². The molecule has 0 saturated carbocycles. The molecule has 0 bridgehead atoms. The van der Waals surface area contributed by atoms with Crippen LogP contribution in [0.5, 0.6) is 0 Å². The highest BCUT2D eigenvalue weighted by atomic mass is 32.2. The molecule has 0 spiro atoms. The van der Waals surface area contributed by atoms with Gasteiger partial charge in [-0.3, -0.25) is 9.59 Å². The maximum atomic E-state index is 12.9. The van der Waals surface area contributed by atoms with Gasteiger partial charge in [-0.25, -0.2) is 17.8 Å². The molecular weight excluding hydrogens is 444 g/mol. The molecule has 2 aromatic carbocycles. The average molecular weight is 467 g/mol. The third-order valence-corrected chi connectivity index (χ3v) is 7.49. The number of hydrogen-bond acceptors (Lipinski definition) is 7. The standard InChI is InChI=1S/C22H22N6O4S/c1-27-21(23-25-26-27)16-6-3-7-19(11-16)33(31,32)24-22(30)17-12-20(29)28(13-17)18-9-8-14-4-2-5-15(14)10-18/h3,6-11,17H,2,4-5,12-13H2,1H3,(H,24,30). The fourth-order valence-corrected chi connectivity index (χ4v) is 5.50. The Morgan fingerprint density at radius 2 is 1.94 bits per heavy atom. The Balaban J connectivity index is 1.31. The maximum absolute atomic E-state index is 12.9. The van der Waals surface area contributed by atoms with Gasteiger partial charge in [0.05, 0.1) is 10.8 Å². The number of aromatic nitrogens is 4. The second-order valence-corrected chi connectivity index (χ2v) is 10.0. The van der Waals surface area contributed by atoms with Crippen LogP contribution in [0.1, 0.15) is 24.0 Å². The van der Waals surface area contributed by atoms with E-state index in [-0.39, 0.29) is 23.8 Å². The Bertz CT molecular complexity index is 1370. The van der Waals surface area contributed by atoms with Crippen LogP contribution >= 0.6 is 0 Å². The molecule has 1 atom stereocenters. The first-order chi connectivity index (χ1) is 15.8. The van der Waals surface area contributed by atoms with Gasteiger partial charge in [-0.05, 0) is 65.1 Å². The molecule has 1 N–H and O–H groups in total. The van der Waals surface area contributed by atoms with Crippen LogP contribution in [0.2, 0.25) is 0 Å². The first-order valence-corrected chi connectivity index (χ1v) is 12.1. The zero-order valence-corrected chi connectivity index (χ0v) is 18.7. The van der Waals surface area contributed by atoms with E-state index in [1.54, 1.807) is 24.1 Å². The number of amides is 2. The van der Waals surface area contributed by atoms with Crippen molar-refractivity contribution in [2.75, 3.05) is 11.4 Å². The van der Waals surface area contributed by atoms with Crippen molar-refractivity contribution in [2.45, 2.75) is 30.6 Å². The van der Waals surface area contributed by atoms with E-state index < -0.39 is 21.8 Å². The average Bonchev–Trinajstić information content (AvgIpc) is 3.52. The third-order valence-electron chi connectivity index (χ3n) is 6.15. The fourth-order valence-electron chi connectivity index (χ4n) is 4.41. The van der Waals surface area contributed by atoms with Gasteiger partial charge in [-0.15, -0.1) is 5.10 Å². The van der Waals surface area contributed by atoms with Gasteiger partial charge in [0.2, 0.25) is 11.8 Å². The molecule has 33 heavy (non-hydrogen) atoms. The predicted octanol–water partition coefficient (Wildman–Crippen LogP) is 1.22. The zero-order chi connectivity index (χ0) is 23.2. The number of tetrazole rings is 1. The number of aryl methyl sites for hydroxylation is 3. The topological polar surface area (TPSA) is 127 Å². The van der Waals surface area contributed by atoms with Gasteiger partial charge in [-0.2, -0.15) is 0 Å². The minimum Gasteiger partial charge on any atom is -0.312 e. The van der Waals surface area contributed by atoms with Crippen molar-refractivity contribution in [3.8, 4) is 11.4 Å². The van der Waals surface area contributed by atoms with Gasteiger partial charge < -0.3 is 4.90 Å². The molecule has 1 aromatic heterocycles. The second-order valence-electron chi connectivity index (χ2n) is 8.34. The summed E-state index contributed by atoms with van der Waals surface area (Å²) in [6.07, 6.45) is 3.09. The molecule has 1 saturated heterocycles. The Morgan fingerprint density at radius 3 is 2.73 bits per heavy atom. The molecule has 2 amide bonds. The second kappa shape index (κ2) is 8.07. The smallest absolute Gasteiger partial charge is 0.264 e. The number of anilines is 1. The van der Waals surface area contributed by atoms with Crippen molar-refractivity contribution in [2.24, 2.45) is 13.0 Å². The summed E-state index contributed by atoms with van der Waals surface area (Å²) < 4.78 is 29.3. The molecule has 1 fully saturated rings. The van der Waals surface area contributed by atoms with Gasteiger partial charge in [-0.1, -0.05) is 18.2 Å². The van der Waals surface area contributed by atoms with Crippen molar-refractivity contribution in [3.05, 3.63) is 53.6 Å². The minimum atomic E-state index is -4.14. The highest BCUT2D eigenvalue weighted by Crippen LogP contribution is 2.31. The Labute approximate surface area is 190 Å². The van der Waals surface area contributed by atoms with Crippen LogP contribution in [-0.4, -0.2) is 47.0 Å². The van der Waals surface area contributed by atoms with Gasteiger partial charge in [0.1, 0.15) is 0 Å². The van der Waals surface area contributed by atoms with Gasteiger partial charge in [0.25, 0.3) is 10.0 Å². The number of fused-ring (bicyclic) bond motifs is 1. The summed E-state index contributed by atoms with van der Waals surface area (Å²) in [7, 11) is -2.50. The lowest BCUT2D eigenvalue weighted by Crippen LogP contribution is -2.37. The highest BCUT2D eigenvalue weighted by Gasteiger charge is 2.37. The molecule has 11 heteroatoms. The lowest BCUT2D eigenvalue weighted by atomic mass is 10.1. The van der Waals surface area contributed by atoms with E-state index in [9.17, 15) is 18.0 Å². The van der Waals surface area contributed by atoms with E-state index in [0.717, 1.165) is 24.9 Å². The number of benzene rings is 2. The summed E-state index contributed by atoms with van der Waals surface area (Å²) in [5.41, 5.74) is 3.78. The minimum absolute atomic E-state index is 0.0386. The number of carbonyl (C=O) groups excluding carboxylic acids is 2. The van der Waals surface area contributed by atoms with Crippen molar-refractivity contribution >= 4 is 27.5 Å². The lowest BCUT2D eigenvalue weighted by molar-refractivity contribution is -0.124. The van der Waals surface area contributed by atoms with Crippen LogP contribution in [0.25, 0.3) is 11.4 Å². The molecule has 1 aliphatic heterocycles. The predicted molar refractivity (Wildman–Crippen MR) is 118 cm³/mol. The fraction of sp³-hybridized carbons (Fsp3) is 0.318. The van der Waals surface area contributed by atoms with Gasteiger partial charge in [0, 0.05) is 31.3 Å². The van der Waals surface area contributed by atoms with Crippen LogP contribution in [0.3, 0.4) is 0 Å². The van der Waals surface area contributed by atoms with E-state index in [1.165, 1.54) is 27.9 Å². The maximum Gasteiger partial charge on any atom is 0.264 e. The molecule has 5 rings (SSSR count). The van der Waals surface area contributed by atoms with Crippen LogP contribution in [0, 0.1) is 5.92 Å². The third kappa shape index (κ3) is 3.99. The van der Waals surface area contributed by atoms with E-state index in [1.807, 2.05) is 18.2 Å². The Hall–Kier alpha value is -3.60. The van der Waals surface area contributed by atoms with Crippen molar-refractivity contribution in [3.63, 3.8) is 0 Å². The quantitative estimate of drug-likeness (QED) is 0.599. The van der Waals surface area contributed by atoms with Crippen molar-refractivity contribution in [1.82, 2.24) is 24.9 Å². The Morgan fingerprint density at radius 1 is 1.12 bits per heavy atom. The van der Waals surface area contributed by atoms with Crippen LogP contribution < -0.4 is 9.62 Å². The number of hydrogen-bond donors (Lipinski definition) is 1. The summed E-state index contributed by atoms with van der Waals surface area (Å²) in [5.74, 6) is -1.25. The lowest BCUT2D eigenvalue weighted by Gasteiger charge is -2.18. The zero-order valence-electron chi connectivity index (χ0n) is 17.9. The first-order valence-electron chi connectivity index (χ1n) is 10.6. The largest absolute Gasteiger partial charge is 0.312 e.